The van der Waals surface area contributed by atoms with Crippen LogP contribution in [0, 0.1) is 13.8 Å². The zero-order valence-electron chi connectivity index (χ0n) is 13.1. The number of nitrogens with one attached hydrogen (secondary N) is 3. The van der Waals surface area contributed by atoms with Gasteiger partial charge in [-0.3, -0.25) is 30.1 Å². The van der Waals surface area contributed by atoms with E-state index >= 15 is 0 Å². The van der Waals surface area contributed by atoms with E-state index in [0.717, 1.165) is 16.8 Å². The second kappa shape index (κ2) is 6.05. The highest BCUT2D eigenvalue weighted by molar-refractivity contribution is 6.07. The largest absolute Gasteiger partial charge is 0.372 e. The van der Waals surface area contributed by atoms with Gasteiger partial charge in [-0.05, 0) is 44.0 Å². The van der Waals surface area contributed by atoms with Crippen LogP contribution in [0.5, 0.6) is 0 Å². The lowest BCUT2D eigenvalue weighted by Gasteiger charge is -2.34. The molecule has 3 amide bonds. The first-order valence-corrected chi connectivity index (χ1v) is 7.04. The number of hydrogen-bond acceptors (Lipinski definition) is 4. The minimum Gasteiger partial charge on any atom is -0.372 e. The van der Waals surface area contributed by atoms with Crippen molar-refractivity contribution in [3.63, 3.8) is 0 Å². The topological polar surface area (TPSA) is 90.5 Å². The quantitative estimate of drug-likeness (QED) is 0.699. The number of nitrogens with zero attached hydrogens (tertiary/aromatic N) is 1. The number of carbonyl (C=O) groups is 3. The lowest BCUT2D eigenvalue weighted by molar-refractivity contribution is -0.128. The molecule has 7 nitrogen and oxygen atoms in total. The van der Waals surface area contributed by atoms with Crippen molar-refractivity contribution in [3.05, 3.63) is 23.3 Å². The van der Waals surface area contributed by atoms with Gasteiger partial charge in [0.25, 0.3) is 5.91 Å². The zero-order valence-corrected chi connectivity index (χ0v) is 13.1. The highest BCUT2D eigenvalue weighted by Crippen LogP contribution is 2.33. The summed E-state index contributed by atoms with van der Waals surface area (Å²) >= 11 is 0. The minimum absolute atomic E-state index is 0.152. The maximum Gasteiger partial charge on any atom is 0.258 e. The maximum atomic E-state index is 12.4. The maximum absolute atomic E-state index is 12.4. The first-order valence-electron chi connectivity index (χ1n) is 7.04. The van der Waals surface area contributed by atoms with Crippen LogP contribution in [0.15, 0.2) is 12.1 Å². The Bertz CT molecular complexity index is 642. The normalized spacial score (nSPS) is 16.6. The number of hydrazine groups is 1. The molecule has 0 saturated carbocycles. The molecule has 7 heteroatoms. The van der Waals surface area contributed by atoms with Crippen molar-refractivity contribution >= 4 is 29.1 Å². The van der Waals surface area contributed by atoms with E-state index in [4.69, 9.17) is 0 Å². The van der Waals surface area contributed by atoms with Gasteiger partial charge in [0, 0.05) is 6.92 Å². The van der Waals surface area contributed by atoms with Crippen LogP contribution in [0.3, 0.4) is 0 Å². The van der Waals surface area contributed by atoms with E-state index in [1.165, 1.54) is 11.8 Å². The van der Waals surface area contributed by atoms with E-state index in [0.29, 0.717) is 5.69 Å². The number of benzene rings is 1. The molecular formula is C15H20N4O3. The van der Waals surface area contributed by atoms with E-state index in [1.807, 2.05) is 26.0 Å². The molecule has 2 rings (SSSR count). The van der Waals surface area contributed by atoms with E-state index in [2.05, 4.69) is 16.2 Å². The first kappa shape index (κ1) is 15.8. The molecule has 3 N–H and O–H groups in total. The fourth-order valence-electron chi connectivity index (χ4n) is 2.29. The Morgan fingerprint density at radius 2 is 1.86 bits per heavy atom. The molecule has 0 fully saturated rings. The van der Waals surface area contributed by atoms with Crippen LogP contribution in [0.4, 0.5) is 11.4 Å². The van der Waals surface area contributed by atoms with Gasteiger partial charge < -0.3 is 5.32 Å². The molecule has 1 aliphatic rings. The molecule has 1 aliphatic heterocycles. The summed E-state index contributed by atoms with van der Waals surface area (Å²) < 4.78 is 0. The highest BCUT2D eigenvalue weighted by Gasteiger charge is 2.31. The summed E-state index contributed by atoms with van der Waals surface area (Å²) in [4.78, 5) is 36.5. The molecule has 22 heavy (non-hydrogen) atoms. The second-order valence-electron chi connectivity index (χ2n) is 5.47. The van der Waals surface area contributed by atoms with E-state index in [1.54, 1.807) is 6.92 Å². The van der Waals surface area contributed by atoms with Crippen LogP contribution >= 0.6 is 0 Å². The molecular weight excluding hydrogens is 284 g/mol. The first-order chi connectivity index (χ1) is 10.3. The van der Waals surface area contributed by atoms with Gasteiger partial charge in [0.2, 0.25) is 11.8 Å². The molecule has 1 unspecified atom stereocenters. The number of anilines is 2. The van der Waals surface area contributed by atoms with Crippen molar-refractivity contribution in [2.75, 3.05) is 16.8 Å². The molecule has 1 aromatic carbocycles. The molecule has 0 aromatic heterocycles. The summed E-state index contributed by atoms with van der Waals surface area (Å²) in [5.74, 6) is -1.02. The number of rotatable bonds is 2. The van der Waals surface area contributed by atoms with Gasteiger partial charge in [-0.25, -0.2) is 0 Å². The van der Waals surface area contributed by atoms with Gasteiger partial charge in [-0.15, -0.1) is 0 Å². The van der Waals surface area contributed by atoms with Gasteiger partial charge >= 0.3 is 0 Å². The fraction of sp³-hybridized carbons (Fsp3) is 0.400. The Hall–Kier alpha value is -2.57. The average molecular weight is 304 g/mol. The summed E-state index contributed by atoms with van der Waals surface area (Å²) in [5.41, 5.74) is 8.12. The van der Waals surface area contributed by atoms with Crippen LogP contribution in [0.25, 0.3) is 0 Å². The van der Waals surface area contributed by atoms with Crippen molar-refractivity contribution < 1.29 is 14.4 Å². The molecule has 0 bridgehead atoms. The van der Waals surface area contributed by atoms with Crippen LogP contribution in [-0.2, 0) is 14.4 Å². The van der Waals surface area contributed by atoms with E-state index < -0.39 is 11.9 Å². The van der Waals surface area contributed by atoms with Crippen LogP contribution in [0.1, 0.15) is 25.0 Å². The molecule has 1 aromatic rings. The van der Waals surface area contributed by atoms with Gasteiger partial charge in [0.15, 0.2) is 0 Å². The average Bonchev–Trinajstić information content (AvgIpc) is 2.44. The molecule has 118 valence electrons. The van der Waals surface area contributed by atoms with Gasteiger partial charge in [-0.1, -0.05) is 0 Å². The Kier molecular flexibility index (Phi) is 4.35. The monoisotopic (exact) mass is 304 g/mol. The van der Waals surface area contributed by atoms with Crippen molar-refractivity contribution in [3.8, 4) is 0 Å². The Morgan fingerprint density at radius 1 is 1.23 bits per heavy atom. The van der Waals surface area contributed by atoms with Crippen LogP contribution < -0.4 is 21.1 Å². The third kappa shape index (κ3) is 3.19. The fourth-order valence-corrected chi connectivity index (χ4v) is 2.29. The summed E-state index contributed by atoms with van der Waals surface area (Å²) in [6, 6.07) is 3.43. The molecule has 0 saturated heterocycles. The SMILES string of the molecule is CC(=O)NNC(=O)CN1C(=O)C(C)Nc2cc(C)c(C)cc21. The predicted octanol–water partition coefficient (Wildman–Crippen LogP) is 0.618. The van der Waals surface area contributed by atoms with Gasteiger partial charge in [0.05, 0.1) is 11.4 Å². The van der Waals surface area contributed by atoms with Crippen LogP contribution in [-0.4, -0.2) is 30.3 Å². The van der Waals surface area contributed by atoms with Crippen molar-refractivity contribution in [2.24, 2.45) is 0 Å². The minimum atomic E-state index is -0.457. The molecule has 0 spiro atoms. The van der Waals surface area contributed by atoms with Gasteiger partial charge in [-0.2, -0.15) is 0 Å². The lowest BCUT2D eigenvalue weighted by Crippen LogP contribution is -2.52. The van der Waals surface area contributed by atoms with Crippen LogP contribution in [0.2, 0.25) is 0 Å². The van der Waals surface area contributed by atoms with Crippen molar-refractivity contribution in [1.29, 1.82) is 0 Å². The Labute approximate surface area is 129 Å². The molecule has 1 atom stereocenters. The second-order valence-corrected chi connectivity index (χ2v) is 5.47. The van der Waals surface area contributed by atoms with Crippen molar-refractivity contribution in [2.45, 2.75) is 33.7 Å². The standard InChI is InChI=1S/C15H20N4O3/c1-8-5-12-13(6-9(8)2)19(15(22)10(3)16-12)7-14(21)18-17-11(4)20/h5-6,10,16H,7H2,1-4H3,(H,17,20)(H,18,21). The molecule has 1 heterocycles. The highest BCUT2D eigenvalue weighted by atomic mass is 16.2. The Morgan fingerprint density at radius 3 is 2.50 bits per heavy atom. The van der Waals surface area contributed by atoms with Gasteiger partial charge in [0.1, 0.15) is 12.6 Å². The van der Waals surface area contributed by atoms with E-state index in [-0.39, 0.29) is 18.4 Å². The predicted molar refractivity (Wildman–Crippen MR) is 83.3 cm³/mol. The summed E-state index contributed by atoms with van der Waals surface area (Å²) in [6.07, 6.45) is 0. The zero-order chi connectivity index (χ0) is 16.4. The van der Waals surface area contributed by atoms with Crippen molar-refractivity contribution in [1.82, 2.24) is 10.9 Å². The number of amides is 3. The summed E-state index contributed by atoms with van der Waals surface area (Å²) in [7, 11) is 0. The number of carbonyl (C=O) groups excluding carboxylic acids is 3. The molecule has 0 radical (unpaired) electrons. The summed E-state index contributed by atoms with van der Waals surface area (Å²) in [5, 5.41) is 3.14. The lowest BCUT2D eigenvalue weighted by atomic mass is 10.0. The number of hydrogen-bond donors (Lipinski definition) is 3. The summed E-state index contributed by atoms with van der Waals surface area (Å²) in [6.45, 7) is 6.83. The molecule has 0 aliphatic carbocycles. The number of aryl methyl sites for hydroxylation is 2. The third-order valence-electron chi connectivity index (χ3n) is 3.59. The van der Waals surface area contributed by atoms with E-state index in [9.17, 15) is 14.4 Å². The Balaban J connectivity index is 2.27. The third-order valence-corrected chi connectivity index (χ3v) is 3.59. The smallest absolute Gasteiger partial charge is 0.258 e. The number of fused-ring (bicyclic) bond motifs is 1.